The molecule has 0 spiro atoms. The van der Waals surface area contributed by atoms with Gasteiger partial charge >= 0.3 is 5.97 Å². The lowest BCUT2D eigenvalue weighted by Crippen LogP contribution is -2.49. The van der Waals surface area contributed by atoms with E-state index in [2.05, 4.69) is 10.3 Å². The minimum Gasteiger partial charge on any atom is -0.480 e. The van der Waals surface area contributed by atoms with Gasteiger partial charge in [0, 0.05) is 36.6 Å². The maximum absolute atomic E-state index is 12.6. The van der Waals surface area contributed by atoms with Crippen LogP contribution in [0.15, 0.2) is 30.5 Å². The van der Waals surface area contributed by atoms with Crippen molar-refractivity contribution >= 4 is 32.8 Å². The number of carbonyl (C=O) groups excluding carboxylic acids is 1. The van der Waals surface area contributed by atoms with E-state index in [0.717, 1.165) is 22.7 Å². The highest BCUT2D eigenvalue weighted by Crippen LogP contribution is 2.21. The first kappa shape index (κ1) is 19.4. The van der Waals surface area contributed by atoms with E-state index < -0.39 is 33.9 Å². The first-order valence-corrected chi connectivity index (χ1v) is 10.6. The van der Waals surface area contributed by atoms with Crippen molar-refractivity contribution in [1.29, 1.82) is 0 Å². The van der Waals surface area contributed by atoms with Crippen LogP contribution < -0.4 is 5.32 Å². The molecule has 2 atom stereocenters. The first-order chi connectivity index (χ1) is 12.8. The Bertz CT molecular complexity index is 953. The minimum atomic E-state index is -3.37. The molecule has 0 aliphatic carbocycles. The standard InChI is InChI=1S/C18H23N3O5S/c1-27(25,26)21-8-4-5-12(11-21)17(22)20-16(18(23)24)9-13-10-19-15-7-3-2-6-14(13)15/h2-3,6-7,10,12,16,19H,4-5,8-9,11H2,1H3,(H,20,22)(H,23,24)/t12-,16+/m1/s1. The number of para-hydroxylation sites is 1. The summed E-state index contributed by atoms with van der Waals surface area (Å²) in [4.78, 5) is 27.3. The lowest BCUT2D eigenvalue weighted by Gasteiger charge is -2.30. The molecule has 2 heterocycles. The van der Waals surface area contributed by atoms with Crippen LogP contribution in [0.3, 0.4) is 0 Å². The Kier molecular flexibility index (Phi) is 5.52. The number of aromatic amines is 1. The Morgan fingerprint density at radius 3 is 2.81 bits per heavy atom. The summed E-state index contributed by atoms with van der Waals surface area (Å²) < 4.78 is 24.7. The number of rotatable bonds is 6. The Balaban J connectivity index is 1.71. The van der Waals surface area contributed by atoms with Crippen molar-refractivity contribution < 1.29 is 23.1 Å². The molecule has 9 heteroatoms. The van der Waals surface area contributed by atoms with Crippen molar-refractivity contribution in [3.05, 3.63) is 36.0 Å². The molecule has 1 fully saturated rings. The number of H-pyrrole nitrogens is 1. The van der Waals surface area contributed by atoms with Gasteiger partial charge < -0.3 is 15.4 Å². The van der Waals surface area contributed by atoms with Gasteiger partial charge in [-0.3, -0.25) is 4.79 Å². The van der Waals surface area contributed by atoms with E-state index in [-0.39, 0.29) is 13.0 Å². The second-order valence-corrected chi connectivity index (χ2v) is 8.91. The van der Waals surface area contributed by atoms with Crippen molar-refractivity contribution in [2.24, 2.45) is 5.92 Å². The molecule has 146 valence electrons. The first-order valence-electron chi connectivity index (χ1n) is 8.79. The van der Waals surface area contributed by atoms with Gasteiger partial charge in [-0.05, 0) is 24.5 Å². The predicted molar refractivity (Wildman–Crippen MR) is 101 cm³/mol. The van der Waals surface area contributed by atoms with Crippen molar-refractivity contribution in [1.82, 2.24) is 14.6 Å². The van der Waals surface area contributed by atoms with Crippen molar-refractivity contribution in [2.45, 2.75) is 25.3 Å². The van der Waals surface area contributed by atoms with E-state index >= 15 is 0 Å². The number of carbonyl (C=O) groups is 2. The number of hydrogen-bond donors (Lipinski definition) is 3. The predicted octanol–water partition coefficient (Wildman–Crippen LogP) is 0.951. The lowest BCUT2D eigenvalue weighted by molar-refractivity contribution is -0.142. The quantitative estimate of drug-likeness (QED) is 0.675. The van der Waals surface area contributed by atoms with Gasteiger partial charge in [0.15, 0.2) is 0 Å². The number of amides is 1. The average molecular weight is 393 g/mol. The fraction of sp³-hybridized carbons (Fsp3) is 0.444. The molecule has 1 saturated heterocycles. The third kappa shape index (κ3) is 4.48. The molecule has 0 saturated carbocycles. The lowest BCUT2D eigenvalue weighted by atomic mass is 9.97. The normalized spacial score (nSPS) is 19.7. The summed E-state index contributed by atoms with van der Waals surface area (Å²) in [7, 11) is -3.37. The van der Waals surface area contributed by atoms with Gasteiger partial charge in [-0.15, -0.1) is 0 Å². The summed E-state index contributed by atoms with van der Waals surface area (Å²) in [6.45, 7) is 0.477. The van der Waals surface area contributed by atoms with Gasteiger partial charge in [0.05, 0.1) is 12.2 Å². The number of fused-ring (bicyclic) bond motifs is 1. The molecule has 0 unspecified atom stereocenters. The van der Waals surface area contributed by atoms with Crippen LogP contribution >= 0.6 is 0 Å². The molecule has 1 aliphatic heterocycles. The summed E-state index contributed by atoms with van der Waals surface area (Å²) in [6, 6.07) is 6.47. The number of nitrogens with zero attached hydrogens (tertiary/aromatic N) is 1. The zero-order chi connectivity index (χ0) is 19.6. The van der Waals surface area contributed by atoms with Crippen LogP contribution in [0.25, 0.3) is 10.9 Å². The summed E-state index contributed by atoms with van der Waals surface area (Å²) in [5, 5.41) is 13.0. The van der Waals surface area contributed by atoms with Gasteiger partial charge in [0.25, 0.3) is 0 Å². The van der Waals surface area contributed by atoms with Crippen LogP contribution in [-0.4, -0.2) is 60.1 Å². The number of sulfonamides is 1. The van der Waals surface area contributed by atoms with Crippen LogP contribution in [0, 0.1) is 5.92 Å². The fourth-order valence-corrected chi connectivity index (χ4v) is 4.38. The molecule has 3 N–H and O–H groups in total. The van der Waals surface area contributed by atoms with E-state index in [4.69, 9.17) is 0 Å². The fourth-order valence-electron chi connectivity index (χ4n) is 3.47. The zero-order valence-electron chi connectivity index (χ0n) is 15.0. The topological polar surface area (TPSA) is 120 Å². The third-order valence-electron chi connectivity index (χ3n) is 4.94. The third-order valence-corrected chi connectivity index (χ3v) is 6.21. The van der Waals surface area contributed by atoms with Gasteiger partial charge in [-0.25, -0.2) is 17.5 Å². The molecule has 1 aromatic heterocycles. The average Bonchev–Trinajstić information content (AvgIpc) is 3.03. The number of benzene rings is 1. The minimum absolute atomic E-state index is 0.0874. The largest absolute Gasteiger partial charge is 0.480 e. The molecule has 27 heavy (non-hydrogen) atoms. The smallest absolute Gasteiger partial charge is 0.326 e. The molecule has 1 amide bonds. The van der Waals surface area contributed by atoms with E-state index in [1.807, 2.05) is 24.3 Å². The summed E-state index contributed by atoms with van der Waals surface area (Å²) in [5.41, 5.74) is 1.71. The molecule has 1 aromatic carbocycles. The number of carboxylic acid groups (broad SMARTS) is 1. The number of aromatic nitrogens is 1. The van der Waals surface area contributed by atoms with E-state index in [9.17, 15) is 23.1 Å². The van der Waals surface area contributed by atoms with E-state index in [1.54, 1.807) is 6.20 Å². The Labute approximate surface area is 157 Å². The number of nitrogens with one attached hydrogen (secondary N) is 2. The molecule has 1 aliphatic rings. The summed E-state index contributed by atoms with van der Waals surface area (Å²) >= 11 is 0. The molecular weight excluding hydrogens is 370 g/mol. The van der Waals surface area contributed by atoms with Gasteiger partial charge in [-0.2, -0.15) is 0 Å². The zero-order valence-corrected chi connectivity index (χ0v) is 15.8. The number of aliphatic carboxylic acids is 1. The summed E-state index contributed by atoms with van der Waals surface area (Å²) in [5.74, 6) is -2.08. The second kappa shape index (κ2) is 7.69. The van der Waals surface area contributed by atoms with Crippen molar-refractivity contribution in [2.75, 3.05) is 19.3 Å². The van der Waals surface area contributed by atoms with Crippen LogP contribution in [0.2, 0.25) is 0 Å². The van der Waals surface area contributed by atoms with E-state index in [0.29, 0.717) is 19.4 Å². The van der Waals surface area contributed by atoms with Gasteiger partial charge in [0.1, 0.15) is 6.04 Å². The maximum Gasteiger partial charge on any atom is 0.326 e. The van der Waals surface area contributed by atoms with Crippen molar-refractivity contribution in [3.63, 3.8) is 0 Å². The number of carboxylic acids is 1. The van der Waals surface area contributed by atoms with Crippen LogP contribution in [-0.2, 0) is 26.0 Å². The van der Waals surface area contributed by atoms with Gasteiger partial charge in [-0.1, -0.05) is 18.2 Å². The van der Waals surface area contributed by atoms with E-state index in [1.165, 1.54) is 4.31 Å². The molecule has 8 nitrogen and oxygen atoms in total. The maximum atomic E-state index is 12.6. The summed E-state index contributed by atoms with van der Waals surface area (Å²) in [6.07, 6.45) is 4.12. The Hall–Kier alpha value is -2.39. The molecular formula is C18H23N3O5S. The number of piperidine rings is 1. The highest BCUT2D eigenvalue weighted by Gasteiger charge is 2.32. The molecule has 3 rings (SSSR count). The highest BCUT2D eigenvalue weighted by molar-refractivity contribution is 7.88. The van der Waals surface area contributed by atoms with Gasteiger partial charge in [0.2, 0.25) is 15.9 Å². The van der Waals surface area contributed by atoms with Crippen LogP contribution in [0.1, 0.15) is 18.4 Å². The molecule has 0 radical (unpaired) electrons. The highest BCUT2D eigenvalue weighted by atomic mass is 32.2. The molecule has 0 bridgehead atoms. The van der Waals surface area contributed by atoms with Crippen LogP contribution in [0.4, 0.5) is 0 Å². The molecule has 2 aromatic rings. The Morgan fingerprint density at radius 2 is 2.11 bits per heavy atom. The second-order valence-electron chi connectivity index (χ2n) is 6.92. The number of hydrogen-bond acceptors (Lipinski definition) is 4. The van der Waals surface area contributed by atoms with Crippen molar-refractivity contribution in [3.8, 4) is 0 Å². The Morgan fingerprint density at radius 1 is 1.37 bits per heavy atom. The monoisotopic (exact) mass is 393 g/mol. The SMILES string of the molecule is CS(=O)(=O)N1CCC[C@@H](C(=O)N[C@@H](Cc2c[nH]c3ccccc23)C(=O)O)C1. The van der Waals surface area contributed by atoms with Crippen LogP contribution in [0.5, 0.6) is 0 Å².